The standard InChI is InChI=1S/C11H16N2O/c1-8(13-2)7-11(14)9-5-3-4-6-10(9)12/h3-6,8,13H,7,12H2,1-2H3. The number of hydrogen-bond donors (Lipinski definition) is 2. The molecule has 3 nitrogen and oxygen atoms in total. The highest BCUT2D eigenvalue weighted by atomic mass is 16.1. The van der Waals surface area contributed by atoms with E-state index in [4.69, 9.17) is 5.73 Å². The van der Waals surface area contributed by atoms with Crippen molar-refractivity contribution < 1.29 is 4.79 Å². The smallest absolute Gasteiger partial charge is 0.166 e. The van der Waals surface area contributed by atoms with Crippen LogP contribution in [-0.4, -0.2) is 18.9 Å². The molecule has 0 amide bonds. The molecule has 0 bridgehead atoms. The van der Waals surface area contributed by atoms with Crippen molar-refractivity contribution in [2.45, 2.75) is 19.4 Å². The minimum absolute atomic E-state index is 0.0879. The molecular formula is C11H16N2O. The lowest BCUT2D eigenvalue weighted by Crippen LogP contribution is -2.24. The largest absolute Gasteiger partial charge is 0.398 e. The van der Waals surface area contributed by atoms with Crippen molar-refractivity contribution in [2.75, 3.05) is 12.8 Å². The number of rotatable bonds is 4. The van der Waals surface area contributed by atoms with E-state index in [2.05, 4.69) is 5.32 Å². The zero-order valence-electron chi connectivity index (χ0n) is 8.58. The van der Waals surface area contributed by atoms with Crippen LogP contribution in [0.25, 0.3) is 0 Å². The van der Waals surface area contributed by atoms with Gasteiger partial charge >= 0.3 is 0 Å². The summed E-state index contributed by atoms with van der Waals surface area (Å²) in [5, 5.41) is 3.02. The SMILES string of the molecule is CNC(C)CC(=O)c1ccccc1N. The molecule has 0 radical (unpaired) electrons. The Hall–Kier alpha value is -1.35. The van der Waals surface area contributed by atoms with Crippen LogP contribution in [0.15, 0.2) is 24.3 Å². The van der Waals surface area contributed by atoms with Crippen LogP contribution in [0.1, 0.15) is 23.7 Å². The van der Waals surface area contributed by atoms with E-state index in [1.807, 2.05) is 26.1 Å². The van der Waals surface area contributed by atoms with E-state index in [-0.39, 0.29) is 11.8 Å². The van der Waals surface area contributed by atoms with Crippen molar-refractivity contribution in [3.8, 4) is 0 Å². The Balaban J connectivity index is 2.75. The van der Waals surface area contributed by atoms with Crippen LogP contribution < -0.4 is 11.1 Å². The third-order valence-electron chi connectivity index (χ3n) is 2.25. The number of carbonyl (C=O) groups is 1. The fourth-order valence-corrected chi connectivity index (χ4v) is 1.24. The minimum atomic E-state index is 0.0879. The maximum atomic E-state index is 11.7. The average molecular weight is 192 g/mol. The third kappa shape index (κ3) is 2.57. The van der Waals surface area contributed by atoms with Crippen LogP contribution in [-0.2, 0) is 0 Å². The molecule has 1 rings (SSSR count). The lowest BCUT2D eigenvalue weighted by Gasteiger charge is -2.09. The number of nitrogens with two attached hydrogens (primary N) is 1. The van der Waals surface area contributed by atoms with Crippen LogP contribution in [0.3, 0.4) is 0 Å². The van der Waals surface area contributed by atoms with Gasteiger partial charge in [-0.05, 0) is 26.1 Å². The first-order valence-corrected chi connectivity index (χ1v) is 4.70. The Bertz CT molecular complexity index is 323. The molecule has 0 heterocycles. The fraction of sp³-hybridized carbons (Fsp3) is 0.364. The Kier molecular flexibility index (Phi) is 3.65. The Morgan fingerprint density at radius 1 is 1.50 bits per heavy atom. The van der Waals surface area contributed by atoms with Gasteiger partial charge in [0.25, 0.3) is 0 Å². The summed E-state index contributed by atoms with van der Waals surface area (Å²) >= 11 is 0. The predicted molar refractivity (Wildman–Crippen MR) is 58.3 cm³/mol. The molecular weight excluding hydrogens is 176 g/mol. The Labute approximate surface area is 84.3 Å². The molecule has 0 saturated carbocycles. The molecule has 3 N–H and O–H groups in total. The number of nitrogens with one attached hydrogen (secondary N) is 1. The van der Waals surface area contributed by atoms with Crippen molar-refractivity contribution >= 4 is 11.5 Å². The number of benzene rings is 1. The molecule has 0 fully saturated rings. The summed E-state index contributed by atoms with van der Waals surface area (Å²) in [6, 6.07) is 7.35. The molecule has 76 valence electrons. The molecule has 3 heteroatoms. The maximum Gasteiger partial charge on any atom is 0.166 e. The van der Waals surface area contributed by atoms with E-state index >= 15 is 0 Å². The van der Waals surface area contributed by atoms with Crippen molar-refractivity contribution in [2.24, 2.45) is 0 Å². The van der Waals surface area contributed by atoms with Gasteiger partial charge in [-0.1, -0.05) is 12.1 Å². The van der Waals surface area contributed by atoms with Gasteiger partial charge in [-0.2, -0.15) is 0 Å². The van der Waals surface area contributed by atoms with E-state index in [0.29, 0.717) is 17.7 Å². The molecule has 14 heavy (non-hydrogen) atoms. The predicted octanol–water partition coefficient (Wildman–Crippen LogP) is 1.45. The molecule has 0 aromatic heterocycles. The topological polar surface area (TPSA) is 55.1 Å². The molecule has 1 aromatic carbocycles. The molecule has 0 spiro atoms. The van der Waals surface area contributed by atoms with E-state index < -0.39 is 0 Å². The van der Waals surface area contributed by atoms with Gasteiger partial charge in [0.05, 0.1) is 0 Å². The monoisotopic (exact) mass is 192 g/mol. The van der Waals surface area contributed by atoms with Crippen LogP contribution in [0.4, 0.5) is 5.69 Å². The van der Waals surface area contributed by atoms with Gasteiger partial charge < -0.3 is 11.1 Å². The second-order valence-corrected chi connectivity index (χ2v) is 3.40. The number of Topliss-reactive ketones (excluding diaryl/α,β-unsaturated/α-hetero) is 1. The van der Waals surface area contributed by atoms with E-state index in [9.17, 15) is 4.79 Å². The van der Waals surface area contributed by atoms with Crippen molar-refractivity contribution in [3.05, 3.63) is 29.8 Å². The van der Waals surface area contributed by atoms with Crippen LogP contribution in [0, 0.1) is 0 Å². The summed E-state index contributed by atoms with van der Waals surface area (Å²) in [6.07, 6.45) is 0.477. The second-order valence-electron chi connectivity index (χ2n) is 3.40. The lowest BCUT2D eigenvalue weighted by molar-refractivity contribution is 0.0973. The lowest BCUT2D eigenvalue weighted by atomic mass is 10.0. The van der Waals surface area contributed by atoms with Gasteiger partial charge in [-0.25, -0.2) is 0 Å². The molecule has 0 saturated heterocycles. The summed E-state index contributed by atoms with van der Waals surface area (Å²) < 4.78 is 0. The fourth-order valence-electron chi connectivity index (χ4n) is 1.24. The summed E-state index contributed by atoms with van der Waals surface area (Å²) in [6.45, 7) is 1.97. The molecule has 1 unspecified atom stereocenters. The van der Waals surface area contributed by atoms with Gasteiger partial charge in [0.1, 0.15) is 0 Å². The summed E-state index contributed by atoms with van der Waals surface area (Å²) in [5.74, 6) is 0.0879. The first kappa shape index (κ1) is 10.7. The quantitative estimate of drug-likeness (QED) is 0.560. The molecule has 0 aliphatic heterocycles. The minimum Gasteiger partial charge on any atom is -0.398 e. The first-order chi connectivity index (χ1) is 6.65. The van der Waals surface area contributed by atoms with Gasteiger partial charge in [-0.3, -0.25) is 4.79 Å². The summed E-state index contributed by atoms with van der Waals surface area (Å²) in [5.41, 5.74) is 6.87. The van der Waals surface area contributed by atoms with Crippen molar-refractivity contribution in [3.63, 3.8) is 0 Å². The number of ketones is 1. The van der Waals surface area contributed by atoms with Gasteiger partial charge in [0.2, 0.25) is 0 Å². The maximum absolute atomic E-state index is 11.7. The number of para-hydroxylation sites is 1. The zero-order chi connectivity index (χ0) is 10.6. The van der Waals surface area contributed by atoms with E-state index in [0.717, 1.165) is 0 Å². The third-order valence-corrected chi connectivity index (χ3v) is 2.25. The number of nitrogen functional groups attached to an aromatic ring is 1. The summed E-state index contributed by atoms with van der Waals surface area (Å²) in [4.78, 5) is 11.7. The zero-order valence-corrected chi connectivity index (χ0v) is 8.58. The number of carbonyl (C=O) groups excluding carboxylic acids is 1. The first-order valence-electron chi connectivity index (χ1n) is 4.70. The average Bonchev–Trinajstić information content (AvgIpc) is 2.18. The molecule has 1 aromatic rings. The Morgan fingerprint density at radius 2 is 2.14 bits per heavy atom. The van der Waals surface area contributed by atoms with Gasteiger partial charge in [0, 0.05) is 23.7 Å². The molecule has 0 aliphatic rings. The highest BCUT2D eigenvalue weighted by Gasteiger charge is 2.11. The number of anilines is 1. The Morgan fingerprint density at radius 3 is 2.71 bits per heavy atom. The van der Waals surface area contributed by atoms with Crippen LogP contribution in [0.5, 0.6) is 0 Å². The van der Waals surface area contributed by atoms with Crippen molar-refractivity contribution in [1.82, 2.24) is 5.32 Å². The molecule has 0 aliphatic carbocycles. The highest BCUT2D eigenvalue weighted by molar-refractivity contribution is 6.00. The van der Waals surface area contributed by atoms with E-state index in [1.54, 1.807) is 12.1 Å². The van der Waals surface area contributed by atoms with E-state index in [1.165, 1.54) is 0 Å². The van der Waals surface area contributed by atoms with Crippen LogP contribution >= 0.6 is 0 Å². The van der Waals surface area contributed by atoms with Gasteiger partial charge in [-0.15, -0.1) is 0 Å². The molecule has 1 atom stereocenters. The van der Waals surface area contributed by atoms with Crippen molar-refractivity contribution in [1.29, 1.82) is 0 Å². The normalized spacial score (nSPS) is 12.4. The van der Waals surface area contributed by atoms with Crippen LogP contribution in [0.2, 0.25) is 0 Å². The highest BCUT2D eigenvalue weighted by Crippen LogP contribution is 2.13. The summed E-state index contributed by atoms with van der Waals surface area (Å²) in [7, 11) is 1.84. The van der Waals surface area contributed by atoms with Gasteiger partial charge in [0.15, 0.2) is 5.78 Å². The number of hydrogen-bond acceptors (Lipinski definition) is 3. The second kappa shape index (κ2) is 4.77.